The van der Waals surface area contributed by atoms with Crippen molar-refractivity contribution in [3.63, 3.8) is 0 Å². The fraction of sp³-hybridized carbons (Fsp3) is 0.273. The number of aryl methyl sites for hydroxylation is 2. The summed E-state index contributed by atoms with van der Waals surface area (Å²) in [5.74, 6) is 1.61. The molecule has 5 nitrogen and oxygen atoms in total. The predicted octanol–water partition coefficient (Wildman–Crippen LogP) is 5.05. The number of hydrogen-bond donors (Lipinski definition) is 1. The number of anilines is 1. The Balaban J connectivity index is 1.44. The number of carbonyl (C=O) groups is 1. The monoisotopic (exact) mass is 439 g/mol. The van der Waals surface area contributed by atoms with Crippen LogP contribution in [0.2, 0.25) is 0 Å². The van der Waals surface area contributed by atoms with Crippen molar-refractivity contribution in [2.45, 2.75) is 38.8 Å². The van der Waals surface area contributed by atoms with Gasteiger partial charge in [-0.2, -0.15) is 0 Å². The van der Waals surface area contributed by atoms with Gasteiger partial charge in [-0.25, -0.2) is 4.98 Å². The first kappa shape index (κ1) is 18.7. The van der Waals surface area contributed by atoms with Crippen molar-refractivity contribution in [1.29, 1.82) is 0 Å². The van der Waals surface area contributed by atoms with Gasteiger partial charge in [0, 0.05) is 34.9 Å². The Labute approximate surface area is 172 Å². The van der Waals surface area contributed by atoms with Crippen LogP contribution in [-0.2, 0) is 17.8 Å². The molecule has 1 atom stereocenters. The smallest absolute Gasteiger partial charge is 0.265 e. The van der Waals surface area contributed by atoms with Crippen LogP contribution in [0.15, 0.2) is 59.2 Å². The molecule has 144 valence electrons. The molecule has 0 spiro atoms. The normalized spacial score (nSPS) is 14.2. The van der Waals surface area contributed by atoms with Gasteiger partial charge in [-0.05, 0) is 56.2 Å². The van der Waals surface area contributed by atoms with Crippen LogP contribution in [-0.4, -0.2) is 21.6 Å². The van der Waals surface area contributed by atoms with E-state index in [1.54, 1.807) is 6.92 Å². The molecule has 1 aliphatic heterocycles. The second kappa shape index (κ2) is 8.19. The molecule has 0 bridgehead atoms. The molecule has 6 heteroatoms. The molecule has 0 radical (unpaired) electrons. The van der Waals surface area contributed by atoms with Gasteiger partial charge < -0.3 is 14.6 Å². The third kappa shape index (κ3) is 4.28. The molecule has 2 aromatic carbocycles. The predicted molar refractivity (Wildman–Crippen MR) is 113 cm³/mol. The number of nitrogens with zero attached hydrogens (tertiary/aromatic N) is 2. The summed E-state index contributed by atoms with van der Waals surface area (Å²) < 4.78 is 8.93. The molecule has 1 amide bonds. The Morgan fingerprint density at radius 1 is 1.21 bits per heavy atom. The molecular formula is C22H22BrN3O2. The number of imidazole rings is 1. The van der Waals surface area contributed by atoms with E-state index in [1.165, 1.54) is 12.8 Å². The number of ether oxygens (including phenoxy) is 1. The second-order valence-corrected chi connectivity index (χ2v) is 7.89. The zero-order chi connectivity index (χ0) is 19.5. The molecule has 1 N–H and O–H groups in total. The van der Waals surface area contributed by atoms with Crippen LogP contribution < -0.4 is 10.1 Å². The summed E-state index contributed by atoms with van der Waals surface area (Å²) in [5, 5.41) is 2.94. The highest BCUT2D eigenvalue weighted by molar-refractivity contribution is 9.10. The van der Waals surface area contributed by atoms with E-state index in [-0.39, 0.29) is 5.91 Å². The minimum atomic E-state index is -0.607. The zero-order valence-electron chi connectivity index (χ0n) is 15.7. The standard InChI is InChI=1S/C22H22BrN3O2/c1-15(28-19-10-8-17(23)9-11-19)22(27)24-18-6-4-5-16(13-18)20-14-26-12-3-2-7-21(26)25-20/h4-6,8-11,13-15H,2-3,7,12H2,1H3,(H,24,27). The van der Waals surface area contributed by atoms with Crippen LogP contribution in [0.1, 0.15) is 25.6 Å². The number of halogens is 1. The average molecular weight is 440 g/mol. The summed E-state index contributed by atoms with van der Waals surface area (Å²) >= 11 is 3.39. The fourth-order valence-corrected chi connectivity index (χ4v) is 3.59. The molecule has 0 saturated heterocycles. The summed E-state index contributed by atoms with van der Waals surface area (Å²) in [7, 11) is 0. The lowest BCUT2D eigenvalue weighted by Gasteiger charge is -2.15. The highest BCUT2D eigenvalue weighted by atomic mass is 79.9. The van der Waals surface area contributed by atoms with Crippen molar-refractivity contribution in [3.8, 4) is 17.0 Å². The molecule has 1 aliphatic rings. The molecule has 1 unspecified atom stereocenters. The Bertz CT molecular complexity index is 958. The first-order chi connectivity index (χ1) is 13.6. The summed E-state index contributed by atoms with van der Waals surface area (Å²) in [5.41, 5.74) is 2.69. The molecule has 0 saturated carbocycles. The lowest BCUT2D eigenvalue weighted by molar-refractivity contribution is -0.122. The average Bonchev–Trinajstić information content (AvgIpc) is 3.14. The second-order valence-electron chi connectivity index (χ2n) is 6.98. The minimum absolute atomic E-state index is 0.191. The van der Waals surface area contributed by atoms with E-state index < -0.39 is 6.10 Å². The molecule has 4 rings (SSSR count). The fourth-order valence-electron chi connectivity index (χ4n) is 3.32. The third-order valence-electron chi connectivity index (χ3n) is 4.83. The zero-order valence-corrected chi connectivity index (χ0v) is 17.3. The van der Waals surface area contributed by atoms with Gasteiger partial charge in [-0.15, -0.1) is 0 Å². The largest absolute Gasteiger partial charge is 0.481 e. The number of nitrogens with one attached hydrogen (secondary N) is 1. The van der Waals surface area contributed by atoms with Crippen LogP contribution in [0.5, 0.6) is 5.75 Å². The topological polar surface area (TPSA) is 56.1 Å². The van der Waals surface area contributed by atoms with Crippen molar-refractivity contribution in [3.05, 3.63) is 65.0 Å². The summed E-state index contributed by atoms with van der Waals surface area (Å²) in [4.78, 5) is 17.3. The van der Waals surface area contributed by atoms with Crippen LogP contribution in [0, 0.1) is 0 Å². The maximum atomic E-state index is 12.5. The Hall–Kier alpha value is -2.60. The van der Waals surface area contributed by atoms with Gasteiger partial charge in [0.15, 0.2) is 6.10 Å². The van der Waals surface area contributed by atoms with Crippen molar-refractivity contribution < 1.29 is 9.53 Å². The van der Waals surface area contributed by atoms with Crippen LogP contribution in [0.25, 0.3) is 11.3 Å². The quantitative estimate of drug-likeness (QED) is 0.604. The highest BCUT2D eigenvalue weighted by Crippen LogP contribution is 2.25. The van der Waals surface area contributed by atoms with Gasteiger partial charge in [0.05, 0.1) is 5.69 Å². The van der Waals surface area contributed by atoms with E-state index in [2.05, 4.69) is 32.0 Å². The van der Waals surface area contributed by atoms with Crippen molar-refractivity contribution in [1.82, 2.24) is 9.55 Å². The highest BCUT2D eigenvalue weighted by Gasteiger charge is 2.16. The molecule has 0 aliphatic carbocycles. The van der Waals surface area contributed by atoms with Gasteiger partial charge >= 0.3 is 0 Å². The number of rotatable bonds is 5. The molecular weight excluding hydrogens is 418 g/mol. The Morgan fingerprint density at radius 2 is 2.04 bits per heavy atom. The molecule has 1 aromatic heterocycles. The molecule has 2 heterocycles. The minimum Gasteiger partial charge on any atom is -0.481 e. The van der Waals surface area contributed by atoms with Crippen LogP contribution >= 0.6 is 15.9 Å². The summed E-state index contributed by atoms with van der Waals surface area (Å²) in [6.45, 7) is 2.77. The van der Waals surface area contributed by atoms with E-state index in [1.807, 2.05) is 48.5 Å². The maximum Gasteiger partial charge on any atom is 0.265 e. The Kier molecular flexibility index (Phi) is 5.48. The maximum absolute atomic E-state index is 12.5. The SMILES string of the molecule is CC(Oc1ccc(Br)cc1)C(=O)Nc1cccc(-c2cn3c(n2)CCCC3)c1. The number of benzene rings is 2. The van der Waals surface area contributed by atoms with Crippen molar-refractivity contribution >= 4 is 27.5 Å². The summed E-state index contributed by atoms with van der Waals surface area (Å²) in [6, 6.07) is 15.2. The lowest BCUT2D eigenvalue weighted by atomic mass is 10.1. The first-order valence-corrected chi connectivity index (χ1v) is 10.3. The molecule has 3 aromatic rings. The van der Waals surface area contributed by atoms with E-state index in [0.717, 1.165) is 40.2 Å². The number of aromatic nitrogens is 2. The van der Waals surface area contributed by atoms with E-state index in [0.29, 0.717) is 5.75 Å². The van der Waals surface area contributed by atoms with Gasteiger partial charge in [0.2, 0.25) is 0 Å². The number of hydrogen-bond acceptors (Lipinski definition) is 3. The van der Waals surface area contributed by atoms with Gasteiger partial charge in [0.25, 0.3) is 5.91 Å². The number of carbonyl (C=O) groups excluding carboxylic acids is 1. The lowest BCUT2D eigenvalue weighted by Crippen LogP contribution is -2.30. The van der Waals surface area contributed by atoms with E-state index in [4.69, 9.17) is 9.72 Å². The number of amides is 1. The van der Waals surface area contributed by atoms with Crippen molar-refractivity contribution in [2.75, 3.05) is 5.32 Å². The summed E-state index contributed by atoms with van der Waals surface area (Å²) in [6.07, 6.45) is 4.93. The Morgan fingerprint density at radius 3 is 2.82 bits per heavy atom. The van der Waals surface area contributed by atoms with Crippen LogP contribution in [0.3, 0.4) is 0 Å². The molecule has 28 heavy (non-hydrogen) atoms. The van der Waals surface area contributed by atoms with Gasteiger partial charge in [-0.1, -0.05) is 28.1 Å². The first-order valence-electron chi connectivity index (χ1n) is 9.48. The third-order valence-corrected chi connectivity index (χ3v) is 5.36. The number of fused-ring (bicyclic) bond motifs is 1. The van der Waals surface area contributed by atoms with E-state index >= 15 is 0 Å². The van der Waals surface area contributed by atoms with Gasteiger partial charge in [-0.3, -0.25) is 4.79 Å². The van der Waals surface area contributed by atoms with Crippen LogP contribution in [0.4, 0.5) is 5.69 Å². The van der Waals surface area contributed by atoms with Crippen molar-refractivity contribution in [2.24, 2.45) is 0 Å². The molecule has 0 fully saturated rings. The van der Waals surface area contributed by atoms with E-state index in [9.17, 15) is 4.79 Å². The van der Waals surface area contributed by atoms with Gasteiger partial charge in [0.1, 0.15) is 11.6 Å².